The van der Waals surface area contributed by atoms with E-state index in [2.05, 4.69) is 0 Å². The monoisotopic (exact) mass is 156 g/mol. The average Bonchev–Trinajstić information content (AvgIpc) is 1.92. The van der Waals surface area contributed by atoms with Crippen LogP contribution in [0.25, 0.3) is 0 Å². The molecule has 3 nitrogen and oxygen atoms in total. The summed E-state index contributed by atoms with van der Waals surface area (Å²) in [6.07, 6.45) is 0.941. The number of fused-ring (bicyclic) bond motifs is 2. The van der Waals surface area contributed by atoms with E-state index in [1.165, 1.54) is 0 Å². The molecule has 2 aliphatic rings. The highest BCUT2D eigenvalue weighted by atomic mass is 16.5. The van der Waals surface area contributed by atoms with Gasteiger partial charge in [0, 0.05) is 11.8 Å². The van der Waals surface area contributed by atoms with Crippen LogP contribution in [0.5, 0.6) is 0 Å². The Morgan fingerprint density at radius 2 is 1.82 bits per heavy atom. The molecule has 0 spiro atoms. The number of aliphatic hydroxyl groups is 1. The van der Waals surface area contributed by atoms with Gasteiger partial charge < -0.3 is 9.84 Å². The smallest absolute Gasteiger partial charge is 0.143 e. The zero-order valence-electron chi connectivity index (χ0n) is 6.32. The summed E-state index contributed by atoms with van der Waals surface area (Å²) in [5.41, 5.74) is 0. The van der Waals surface area contributed by atoms with Crippen LogP contribution in [0.3, 0.4) is 0 Å². The molecule has 0 aromatic rings. The molecule has 3 heteroatoms. The predicted octanol–water partition coefficient (Wildman–Crippen LogP) is -0.0272. The third kappa shape index (κ3) is 1.19. The van der Waals surface area contributed by atoms with E-state index in [0.29, 0.717) is 31.8 Å². The molecule has 11 heavy (non-hydrogen) atoms. The Morgan fingerprint density at radius 1 is 1.27 bits per heavy atom. The van der Waals surface area contributed by atoms with Crippen molar-refractivity contribution in [3.63, 3.8) is 0 Å². The summed E-state index contributed by atoms with van der Waals surface area (Å²) < 4.78 is 5.22. The molecule has 1 aliphatic heterocycles. The minimum atomic E-state index is -0.272. The molecule has 1 heterocycles. The maximum Gasteiger partial charge on any atom is 0.143 e. The van der Waals surface area contributed by atoms with E-state index in [4.69, 9.17) is 4.74 Å². The summed E-state index contributed by atoms with van der Waals surface area (Å²) in [7, 11) is 0. The van der Waals surface area contributed by atoms with Gasteiger partial charge in [0.15, 0.2) is 0 Å². The van der Waals surface area contributed by atoms with Gasteiger partial charge in [0.25, 0.3) is 0 Å². The fraction of sp³-hybridized carbons (Fsp3) is 0.875. The van der Waals surface area contributed by atoms with Gasteiger partial charge in [-0.15, -0.1) is 0 Å². The fourth-order valence-electron chi connectivity index (χ4n) is 1.97. The highest BCUT2D eigenvalue weighted by Gasteiger charge is 2.38. The number of hydrogen-bond donors (Lipinski definition) is 1. The minimum absolute atomic E-state index is 0.0162. The summed E-state index contributed by atoms with van der Waals surface area (Å²) in [5.74, 6) is 0.275. The van der Waals surface area contributed by atoms with Crippen LogP contribution in [0.4, 0.5) is 0 Å². The van der Waals surface area contributed by atoms with Crippen LogP contribution in [0.2, 0.25) is 0 Å². The van der Waals surface area contributed by atoms with Gasteiger partial charge in [-0.25, -0.2) is 0 Å². The fourth-order valence-corrected chi connectivity index (χ4v) is 1.97. The second-order valence-electron chi connectivity index (χ2n) is 3.46. The predicted molar refractivity (Wildman–Crippen MR) is 38.0 cm³/mol. The van der Waals surface area contributed by atoms with E-state index < -0.39 is 0 Å². The van der Waals surface area contributed by atoms with Crippen molar-refractivity contribution < 1.29 is 14.6 Å². The highest BCUT2D eigenvalue weighted by molar-refractivity contribution is 5.85. The molecule has 2 unspecified atom stereocenters. The zero-order valence-corrected chi connectivity index (χ0v) is 6.32. The number of aliphatic hydroxyl groups excluding tert-OH is 1. The largest absolute Gasteiger partial charge is 0.393 e. The molecule has 2 atom stereocenters. The summed E-state index contributed by atoms with van der Waals surface area (Å²) in [6.45, 7) is 1.04. The Bertz CT molecular complexity index is 162. The van der Waals surface area contributed by atoms with Gasteiger partial charge in [-0.2, -0.15) is 0 Å². The Morgan fingerprint density at radius 3 is 2.36 bits per heavy atom. The molecule has 0 aromatic carbocycles. The van der Waals surface area contributed by atoms with Gasteiger partial charge in [-0.1, -0.05) is 0 Å². The number of hydrogen-bond acceptors (Lipinski definition) is 3. The number of carbonyl (C=O) groups excluding carboxylic acids is 1. The average molecular weight is 156 g/mol. The van der Waals surface area contributed by atoms with Crippen LogP contribution in [-0.2, 0) is 9.53 Å². The van der Waals surface area contributed by atoms with Crippen molar-refractivity contribution in [2.24, 2.45) is 11.8 Å². The van der Waals surface area contributed by atoms with Crippen molar-refractivity contribution in [2.75, 3.05) is 13.2 Å². The molecule has 0 amide bonds. The lowest BCUT2D eigenvalue weighted by molar-refractivity contribution is -0.146. The molecule has 0 aromatic heterocycles. The number of rotatable bonds is 0. The molecule has 1 saturated carbocycles. The SMILES string of the molecule is O=C1C2COCC1CC(O)C2. The third-order valence-corrected chi connectivity index (χ3v) is 2.56. The van der Waals surface area contributed by atoms with Crippen molar-refractivity contribution in [1.29, 1.82) is 0 Å². The number of ether oxygens (including phenoxy) is 1. The van der Waals surface area contributed by atoms with Gasteiger partial charge in [-0.05, 0) is 12.8 Å². The highest BCUT2D eigenvalue weighted by Crippen LogP contribution is 2.30. The van der Waals surface area contributed by atoms with Gasteiger partial charge in [0.2, 0.25) is 0 Å². The lowest BCUT2D eigenvalue weighted by Gasteiger charge is -2.35. The van der Waals surface area contributed by atoms with Crippen molar-refractivity contribution >= 4 is 5.78 Å². The molecule has 1 aliphatic carbocycles. The Labute approximate surface area is 65.4 Å². The summed E-state index contributed by atoms with van der Waals surface area (Å²) in [5, 5.41) is 9.32. The second-order valence-corrected chi connectivity index (χ2v) is 3.46. The topological polar surface area (TPSA) is 46.5 Å². The van der Waals surface area contributed by atoms with Crippen molar-refractivity contribution in [1.82, 2.24) is 0 Å². The molecule has 0 radical (unpaired) electrons. The first kappa shape index (κ1) is 7.25. The maximum atomic E-state index is 11.4. The van der Waals surface area contributed by atoms with E-state index in [9.17, 15) is 9.90 Å². The molecule has 1 N–H and O–H groups in total. The molecule has 2 rings (SSSR count). The lowest BCUT2D eigenvalue weighted by Crippen LogP contribution is -2.44. The van der Waals surface area contributed by atoms with E-state index in [-0.39, 0.29) is 17.9 Å². The Kier molecular flexibility index (Phi) is 1.69. The summed E-state index contributed by atoms with van der Waals surface area (Å²) in [6, 6.07) is 0. The van der Waals surface area contributed by atoms with Crippen molar-refractivity contribution in [3.8, 4) is 0 Å². The van der Waals surface area contributed by atoms with Crippen LogP contribution in [0.1, 0.15) is 12.8 Å². The zero-order chi connectivity index (χ0) is 7.84. The molecule has 62 valence electrons. The van der Waals surface area contributed by atoms with Gasteiger partial charge in [-0.3, -0.25) is 4.79 Å². The van der Waals surface area contributed by atoms with E-state index in [1.807, 2.05) is 0 Å². The van der Waals surface area contributed by atoms with Crippen molar-refractivity contribution in [2.45, 2.75) is 18.9 Å². The third-order valence-electron chi connectivity index (χ3n) is 2.56. The van der Waals surface area contributed by atoms with Gasteiger partial charge >= 0.3 is 0 Å². The van der Waals surface area contributed by atoms with E-state index in [1.54, 1.807) is 0 Å². The maximum absolute atomic E-state index is 11.4. The number of carbonyl (C=O) groups is 1. The Hall–Kier alpha value is -0.410. The van der Waals surface area contributed by atoms with Gasteiger partial charge in [0.1, 0.15) is 5.78 Å². The quantitative estimate of drug-likeness (QED) is 0.536. The molecule has 2 bridgehead atoms. The van der Waals surface area contributed by atoms with E-state index in [0.717, 1.165) is 0 Å². The van der Waals surface area contributed by atoms with E-state index >= 15 is 0 Å². The summed E-state index contributed by atoms with van der Waals surface area (Å²) in [4.78, 5) is 11.4. The number of Topliss-reactive ketones (excluding diaryl/α,β-unsaturated/α-hetero) is 1. The molecule has 2 fully saturated rings. The van der Waals surface area contributed by atoms with Gasteiger partial charge in [0.05, 0.1) is 19.3 Å². The van der Waals surface area contributed by atoms with Crippen LogP contribution < -0.4 is 0 Å². The van der Waals surface area contributed by atoms with Crippen LogP contribution in [-0.4, -0.2) is 30.2 Å². The summed E-state index contributed by atoms with van der Waals surface area (Å²) >= 11 is 0. The first-order valence-corrected chi connectivity index (χ1v) is 4.07. The molecular formula is C8H12O3. The number of ketones is 1. The van der Waals surface area contributed by atoms with Crippen molar-refractivity contribution in [3.05, 3.63) is 0 Å². The first-order valence-electron chi connectivity index (χ1n) is 4.07. The lowest BCUT2D eigenvalue weighted by atomic mass is 9.78. The van der Waals surface area contributed by atoms with Crippen LogP contribution in [0, 0.1) is 11.8 Å². The van der Waals surface area contributed by atoms with Crippen LogP contribution in [0.15, 0.2) is 0 Å². The second kappa shape index (κ2) is 2.57. The molecular weight excluding hydrogens is 144 g/mol. The minimum Gasteiger partial charge on any atom is -0.393 e. The molecule has 1 saturated heterocycles. The normalized spacial score (nSPS) is 44.1. The standard InChI is InChI=1S/C8H12O3/c9-7-1-5-3-11-4-6(2-7)8(5)10/h5-7,9H,1-4H2. The van der Waals surface area contributed by atoms with Crippen LogP contribution >= 0.6 is 0 Å². The first-order chi connectivity index (χ1) is 5.27. The Balaban J connectivity index is 2.13.